The van der Waals surface area contributed by atoms with Crippen LogP contribution in [0.2, 0.25) is 0 Å². The van der Waals surface area contributed by atoms with Crippen LogP contribution in [0.5, 0.6) is 0 Å². The normalized spacial score (nSPS) is 16.4. The van der Waals surface area contributed by atoms with Gasteiger partial charge in [-0.25, -0.2) is 4.39 Å². The minimum absolute atomic E-state index is 0.0601. The van der Waals surface area contributed by atoms with Crippen molar-refractivity contribution in [1.29, 1.82) is 0 Å². The zero-order chi connectivity index (χ0) is 13.8. The summed E-state index contributed by atoms with van der Waals surface area (Å²) in [5.41, 5.74) is 7.72. The van der Waals surface area contributed by atoms with Crippen molar-refractivity contribution in [2.75, 3.05) is 18.0 Å². The summed E-state index contributed by atoms with van der Waals surface area (Å²) >= 11 is 0. The Morgan fingerprint density at radius 2 is 2.16 bits per heavy atom. The molecule has 1 saturated carbocycles. The summed E-state index contributed by atoms with van der Waals surface area (Å²) in [6.45, 7) is 6.02. The molecule has 2 nitrogen and oxygen atoms in total. The molecule has 1 aromatic rings. The van der Waals surface area contributed by atoms with E-state index in [9.17, 15) is 4.39 Å². The van der Waals surface area contributed by atoms with E-state index in [1.165, 1.54) is 12.8 Å². The molecule has 0 amide bonds. The Morgan fingerprint density at radius 3 is 2.74 bits per heavy atom. The SMILES string of the molecule is CCCN(CC1CC1)c1c(F)cccc1CC(C)N. The average Bonchev–Trinajstić information content (AvgIpc) is 3.12. The van der Waals surface area contributed by atoms with Crippen LogP contribution < -0.4 is 10.6 Å². The maximum absolute atomic E-state index is 14.3. The van der Waals surface area contributed by atoms with E-state index in [0.717, 1.165) is 43.1 Å². The van der Waals surface area contributed by atoms with Gasteiger partial charge in [0.15, 0.2) is 0 Å². The smallest absolute Gasteiger partial charge is 0.146 e. The van der Waals surface area contributed by atoms with Crippen LogP contribution in [-0.4, -0.2) is 19.1 Å². The lowest BCUT2D eigenvalue weighted by molar-refractivity contribution is 0.602. The highest BCUT2D eigenvalue weighted by Gasteiger charge is 2.26. The number of hydrogen-bond acceptors (Lipinski definition) is 2. The van der Waals surface area contributed by atoms with Crippen molar-refractivity contribution in [3.63, 3.8) is 0 Å². The lowest BCUT2D eigenvalue weighted by Gasteiger charge is -2.28. The van der Waals surface area contributed by atoms with Gasteiger partial charge >= 0.3 is 0 Å². The van der Waals surface area contributed by atoms with E-state index in [0.29, 0.717) is 0 Å². The number of benzene rings is 1. The number of rotatable bonds is 7. The molecule has 2 N–H and O–H groups in total. The van der Waals surface area contributed by atoms with Gasteiger partial charge in [0.25, 0.3) is 0 Å². The van der Waals surface area contributed by atoms with E-state index in [1.807, 2.05) is 13.0 Å². The van der Waals surface area contributed by atoms with Crippen molar-refractivity contribution in [2.24, 2.45) is 11.7 Å². The fourth-order valence-corrected chi connectivity index (χ4v) is 2.60. The highest BCUT2D eigenvalue weighted by molar-refractivity contribution is 5.55. The van der Waals surface area contributed by atoms with Gasteiger partial charge in [0, 0.05) is 19.1 Å². The molecule has 1 aromatic carbocycles. The molecule has 0 bridgehead atoms. The number of nitrogens with zero attached hydrogens (tertiary/aromatic N) is 1. The van der Waals surface area contributed by atoms with E-state index in [4.69, 9.17) is 5.73 Å². The number of hydrogen-bond donors (Lipinski definition) is 1. The Bertz CT molecular complexity index is 413. The molecular weight excluding hydrogens is 239 g/mol. The summed E-state index contributed by atoms with van der Waals surface area (Å²) in [5.74, 6) is 0.654. The van der Waals surface area contributed by atoms with Crippen LogP contribution in [0, 0.1) is 11.7 Å². The number of nitrogens with two attached hydrogens (primary N) is 1. The average molecular weight is 264 g/mol. The predicted octanol–water partition coefficient (Wildman–Crippen LogP) is 3.34. The summed E-state index contributed by atoms with van der Waals surface area (Å²) < 4.78 is 14.3. The van der Waals surface area contributed by atoms with Crippen molar-refractivity contribution >= 4 is 5.69 Å². The van der Waals surface area contributed by atoms with Crippen molar-refractivity contribution in [2.45, 2.75) is 45.6 Å². The van der Waals surface area contributed by atoms with E-state index in [-0.39, 0.29) is 11.9 Å². The third-order valence-electron chi connectivity index (χ3n) is 3.60. The molecule has 0 aromatic heterocycles. The van der Waals surface area contributed by atoms with E-state index >= 15 is 0 Å². The first-order valence-corrected chi connectivity index (χ1v) is 7.39. The fraction of sp³-hybridized carbons (Fsp3) is 0.625. The monoisotopic (exact) mass is 264 g/mol. The Labute approximate surface area is 115 Å². The summed E-state index contributed by atoms with van der Waals surface area (Å²) in [7, 11) is 0. The second-order valence-electron chi connectivity index (χ2n) is 5.82. The van der Waals surface area contributed by atoms with E-state index in [2.05, 4.69) is 11.8 Å². The first-order chi connectivity index (χ1) is 9.11. The lowest BCUT2D eigenvalue weighted by atomic mass is 10.0. The third-order valence-corrected chi connectivity index (χ3v) is 3.60. The maximum atomic E-state index is 14.3. The van der Waals surface area contributed by atoms with Gasteiger partial charge in [-0.05, 0) is 50.2 Å². The molecule has 2 rings (SSSR count). The molecule has 3 heteroatoms. The standard InChI is InChI=1S/C16H25FN2/c1-3-9-19(11-13-7-8-13)16-14(10-12(2)18)5-4-6-15(16)17/h4-6,12-13H,3,7-11,18H2,1-2H3. The minimum atomic E-state index is -0.104. The fourth-order valence-electron chi connectivity index (χ4n) is 2.60. The first-order valence-electron chi connectivity index (χ1n) is 7.39. The number of halogens is 1. The van der Waals surface area contributed by atoms with Gasteiger partial charge in [-0.3, -0.25) is 0 Å². The summed E-state index contributed by atoms with van der Waals surface area (Å²) in [6.07, 6.45) is 4.35. The highest BCUT2D eigenvalue weighted by Crippen LogP contribution is 2.34. The van der Waals surface area contributed by atoms with Gasteiger partial charge in [-0.15, -0.1) is 0 Å². The van der Waals surface area contributed by atoms with Gasteiger partial charge < -0.3 is 10.6 Å². The van der Waals surface area contributed by atoms with Gasteiger partial charge in [-0.1, -0.05) is 19.1 Å². The van der Waals surface area contributed by atoms with Crippen molar-refractivity contribution in [3.05, 3.63) is 29.6 Å². The number of anilines is 1. The summed E-state index contributed by atoms with van der Waals surface area (Å²) in [4.78, 5) is 2.23. The van der Waals surface area contributed by atoms with Crippen LogP contribution in [0.4, 0.5) is 10.1 Å². The molecule has 1 aliphatic carbocycles. The van der Waals surface area contributed by atoms with Gasteiger partial charge in [-0.2, -0.15) is 0 Å². The molecular formula is C16H25FN2. The van der Waals surface area contributed by atoms with Crippen molar-refractivity contribution in [1.82, 2.24) is 0 Å². The summed E-state index contributed by atoms with van der Waals surface area (Å²) in [5, 5.41) is 0. The molecule has 0 aliphatic heterocycles. The zero-order valence-electron chi connectivity index (χ0n) is 12.0. The molecule has 0 heterocycles. The molecule has 1 atom stereocenters. The van der Waals surface area contributed by atoms with Crippen LogP contribution in [0.1, 0.15) is 38.7 Å². The molecule has 0 saturated heterocycles. The quantitative estimate of drug-likeness (QED) is 0.818. The molecule has 19 heavy (non-hydrogen) atoms. The molecule has 1 unspecified atom stereocenters. The second-order valence-corrected chi connectivity index (χ2v) is 5.82. The zero-order valence-corrected chi connectivity index (χ0v) is 12.0. The van der Waals surface area contributed by atoms with Crippen molar-refractivity contribution < 1.29 is 4.39 Å². The Morgan fingerprint density at radius 1 is 1.42 bits per heavy atom. The Kier molecular flexibility index (Phi) is 4.81. The molecule has 106 valence electrons. The van der Waals surface area contributed by atoms with Crippen LogP contribution in [0.3, 0.4) is 0 Å². The van der Waals surface area contributed by atoms with Gasteiger partial charge in [0.1, 0.15) is 5.82 Å². The van der Waals surface area contributed by atoms with E-state index in [1.54, 1.807) is 12.1 Å². The minimum Gasteiger partial charge on any atom is -0.369 e. The van der Waals surface area contributed by atoms with Crippen LogP contribution in [-0.2, 0) is 6.42 Å². The summed E-state index contributed by atoms with van der Waals surface area (Å²) in [6, 6.07) is 5.43. The largest absolute Gasteiger partial charge is 0.369 e. The predicted molar refractivity (Wildman–Crippen MR) is 79.0 cm³/mol. The first kappa shape index (κ1) is 14.3. The number of para-hydroxylation sites is 1. The van der Waals surface area contributed by atoms with Gasteiger partial charge in [0.2, 0.25) is 0 Å². The third kappa shape index (κ3) is 3.93. The van der Waals surface area contributed by atoms with Crippen LogP contribution >= 0.6 is 0 Å². The maximum Gasteiger partial charge on any atom is 0.146 e. The molecule has 1 aliphatic rings. The van der Waals surface area contributed by atoms with Crippen LogP contribution in [0.25, 0.3) is 0 Å². The molecule has 0 spiro atoms. The van der Waals surface area contributed by atoms with Crippen molar-refractivity contribution in [3.8, 4) is 0 Å². The second kappa shape index (κ2) is 6.38. The molecule has 1 fully saturated rings. The van der Waals surface area contributed by atoms with Gasteiger partial charge in [0.05, 0.1) is 5.69 Å². The topological polar surface area (TPSA) is 29.3 Å². The Balaban J connectivity index is 2.26. The lowest BCUT2D eigenvalue weighted by Crippen LogP contribution is -2.29. The van der Waals surface area contributed by atoms with Crippen LogP contribution in [0.15, 0.2) is 18.2 Å². The van der Waals surface area contributed by atoms with E-state index < -0.39 is 0 Å². The molecule has 0 radical (unpaired) electrons. The Hall–Kier alpha value is -1.09. The highest BCUT2D eigenvalue weighted by atomic mass is 19.1.